The van der Waals surface area contributed by atoms with Crippen molar-refractivity contribution in [2.45, 2.75) is 25.2 Å². The third-order valence-electron chi connectivity index (χ3n) is 5.63. The Morgan fingerprint density at radius 2 is 2.03 bits per heavy atom. The van der Waals surface area contributed by atoms with Gasteiger partial charge in [-0.3, -0.25) is 14.6 Å². The lowest BCUT2D eigenvalue weighted by Crippen LogP contribution is -2.47. The Bertz CT molecular complexity index is 983. The lowest BCUT2D eigenvalue weighted by atomic mass is 9.86. The monoisotopic (exact) mass is 419 g/mol. The summed E-state index contributed by atoms with van der Waals surface area (Å²) in [5, 5.41) is 10.7. The second kappa shape index (κ2) is 9.38. The minimum Gasteiger partial charge on any atom is -0.497 e. The van der Waals surface area contributed by atoms with E-state index < -0.39 is 0 Å². The number of thioether (sulfide) groups is 1. The number of fused-ring (bicyclic) bond motifs is 1. The van der Waals surface area contributed by atoms with Crippen LogP contribution in [0.2, 0.25) is 0 Å². The topological polar surface area (TPSA) is 56.6 Å². The summed E-state index contributed by atoms with van der Waals surface area (Å²) in [6.45, 7) is 1.49. The van der Waals surface area contributed by atoms with Gasteiger partial charge in [-0.1, -0.05) is 54.2 Å². The molecule has 1 amide bonds. The van der Waals surface area contributed by atoms with Gasteiger partial charge in [-0.2, -0.15) is 5.26 Å². The van der Waals surface area contributed by atoms with Crippen molar-refractivity contribution in [3.8, 4) is 11.8 Å². The Hall–Kier alpha value is -2.75. The van der Waals surface area contributed by atoms with Crippen LogP contribution in [-0.4, -0.2) is 41.9 Å². The highest BCUT2D eigenvalue weighted by atomic mass is 32.2. The first-order chi connectivity index (χ1) is 14.7. The van der Waals surface area contributed by atoms with Gasteiger partial charge in [0.2, 0.25) is 5.91 Å². The van der Waals surface area contributed by atoms with Gasteiger partial charge >= 0.3 is 0 Å². The fourth-order valence-electron chi connectivity index (χ4n) is 4.04. The standard InChI is InChI=1S/C24H25N3O2S/c1-29-20-11-5-10-19(13-20)21-14-23(28)27-16-26(17-30-24(27)22(21)15-25)12-6-9-18-7-3-2-4-8-18/h2-5,7-8,10-11,13,21H,6,9,12,14,16-17H2,1H3/t21-/m1/s1. The molecule has 2 heterocycles. The van der Waals surface area contributed by atoms with Crippen LogP contribution < -0.4 is 4.74 Å². The molecule has 0 saturated carbocycles. The number of nitriles is 1. The molecule has 1 atom stereocenters. The molecule has 0 N–H and O–H groups in total. The van der Waals surface area contributed by atoms with Crippen LogP contribution in [0.4, 0.5) is 0 Å². The smallest absolute Gasteiger partial charge is 0.229 e. The molecule has 0 spiro atoms. The van der Waals surface area contributed by atoms with Crippen molar-refractivity contribution < 1.29 is 9.53 Å². The Morgan fingerprint density at radius 1 is 1.20 bits per heavy atom. The summed E-state index contributed by atoms with van der Waals surface area (Å²) in [4.78, 5) is 17.1. The number of ether oxygens (including phenoxy) is 1. The fourth-order valence-corrected chi connectivity index (χ4v) is 5.22. The maximum Gasteiger partial charge on any atom is 0.229 e. The second-order valence-corrected chi connectivity index (χ2v) is 8.52. The summed E-state index contributed by atoms with van der Waals surface area (Å²) in [5.74, 6) is 1.41. The van der Waals surface area contributed by atoms with Gasteiger partial charge in [-0.25, -0.2) is 0 Å². The third-order valence-corrected chi connectivity index (χ3v) is 6.84. The van der Waals surface area contributed by atoms with Gasteiger partial charge < -0.3 is 4.74 Å². The Morgan fingerprint density at radius 3 is 2.80 bits per heavy atom. The Labute approximate surface area is 181 Å². The molecule has 154 valence electrons. The van der Waals surface area contributed by atoms with Crippen molar-refractivity contribution in [3.63, 3.8) is 0 Å². The Kier molecular flexibility index (Phi) is 6.41. The lowest BCUT2D eigenvalue weighted by Gasteiger charge is -2.41. The lowest BCUT2D eigenvalue weighted by molar-refractivity contribution is -0.131. The first-order valence-corrected chi connectivity index (χ1v) is 11.2. The van der Waals surface area contributed by atoms with Crippen molar-refractivity contribution >= 4 is 17.7 Å². The zero-order valence-corrected chi connectivity index (χ0v) is 17.9. The number of carbonyl (C=O) groups excluding carboxylic acids is 1. The van der Waals surface area contributed by atoms with Crippen LogP contribution >= 0.6 is 11.8 Å². The predicted molar refractivity (Wildman–Crippen MR) is 119 cm³/mol. The first-order valence-electron chi connectivity index (χ1n) is 10.2. The number of aryl methyl sites for hydroxylation is 1. The number of allylic oxidation sites excluding steroid dienone is 1. The summed E-state index contributed by atoms with van der Waals surface area (Å²) in [7, 11) is 1.62. The van der Waals surface area contributed by atoms with Crippen LogP contribution in [0.1, 0.15) is 29.9 Å². The van der Waals surface area contributed by atoms with E-state index in [9.17, 15) is 10.1 Å². The van der Waals surface area contributed by atoms with Crippen LogP contribution in [0.15, 0.2) is 65.2 Å². The summed E-state index contributed by atoms with van der Waals surface area (Å²) in [6, 6.07) is 20.5. The van der Waals surface area contributed by atoms with Gasteiger partial charge in [-0.15, -0.1) is 0 Å². The minimum atomic E-state index is -0.207. The number of hydrogen-bond acceptors (Lipinski definition) is 5. The Balaban J connectivity index is 1.46. The summed E-state index contributed by atoms with van der Waals surface area (Å²) in [5.41, 5.74) is 2.98. The zero-order valence-electron chi connectivity index (χ0n) is 17.1. The number of hydrogen-bond donors (Lipinski definition) is 0. The number of rotatable bonds is 6. The van der Waals surface area contributed by atoms with Crippen LogP contribution in [0.5, 0.6) is 5.75 Å². The van der Waals surface area contributed by atoms with Crippen molar-refractivity contribution in [1.82, 2.24) is 9.80 Å². The molecule has 0 aromatic heterocycles. The summed E-state index contributed by atoms with van der Waals surface area (Å²) < 4.78 is 5.33. The summed E-state index contributed by atoms with van der Waals surface area (Å²) >= 11 is 1.60. The molecule has 0 bridgehead atoms. The molecule has 4 rings (SSSR count). The zero-order chi connectivity index (χ0) is 20.9. The molecule has 6 heteroatoms. The van der Waals surface area contributed by atoms with Gasteiger partial charge in [0.05, 0.1) is 36.3 Å². The third kappa shape index (κ3) is 4.38. The van der Waals surface area contributed by atoms with Crippen LogP contribution in [0, 0.1) is 11.3 Å². The molecule has 2 aliphatic rings. The molecule has 2 aliphatic heterocycles. The number of nitrogens with zero attached hydrogens (tertiary/aromatic N) is 3. The van der Waals surface area contributed by atoms with Gasteiger partial charge in [0.15, 0.2) is 0 Å². The molecule has 2 aromatic carbocycles. The van der Waals surface area contributed by atoms with E-state index in [2.05, 4.69) is 35.2 Å². The van der Waals surface area contributed by atoms with E-state index in [-0.39, 0.29) is 11.8 Å². The van der Waals surface area contributed by atoms with E-state index >= 15 is 0 Å². The molecular formula is C24H25N3O2S. The minimum absolute atomic E-state index is 0.0806. The maximum absolute atomic E-state index is 13.0. The van der Waals surface area contributed by atoms with Crippen molar-refractivity contribution in [2.75, 3.05) is 26.2 Å². The van der Waals surface area contributed by atoms with Gasteiger partial charge in [0, 0.05) is 18.9 Å². The second-order valence-electron chi connectivity index (χ2n) is 7.58. The molecule has 2 aromatic rings. The largest absolute Gasteiger partial charge is 0.497 e. The van der Waals surface area contributed by atoms with Crippen LogP contribution in [0.25, 0.3) is 0 Å². The van der Waals surface area contributed by atoms with Crippen LogP contribution in [-0.2, 0) is 11.2 Å². The fraction of sp³-hybridized carbons (Fsp3) is 0.333. The summed E-state index contributed by atoms with van der Waals surface area (Å²) in [6.07, 6.45) is 2.39. The maximum atomic E-state index is 13.0. The predicted octanol–water partition coefficient (Wildman–Crippen LogP) is 4.34. The van der Waals surface area contributed by atoms with Gasteiger partial charge in [0.25, 0.3) is 0 Å². The first kappa shape index (κ1) is 20.5. The van der Waals surface area contributed by atoms with Crippen molar-refractivity contribution in [1.29, 1.82) is 5.26 Å². The van der Waals surface area contributed by atoms with E-state index in [0.717, 1.165) is 41.6 Å². The highest BCUT2D eigenvalue weighted by molar-refractivity contribution is 8.03. The highest BCUT2D eigenvalue weighted by Crippen LogP contribution is 2.42. The quantitative estimate of drug-likeness (QED) is 0.697. The van der Waals surface area contributed by atoms with E-state index in [1.807, 2.05) is 30.3 Å². The molecule has 0 aliphatic carbocycles. The van der Waals surface area contributed by atoms with Crippen molar-refractivity contribution in [2.24, 2.45) is 0 Å². The van der Waals surface area contributed by atoms with E-state index in [4.69, 9.17) is 4.74 Å². The van der Waals surface area contributed by atoms with Crippen LogP contribution in [0.3, 0.4) is 0 Å². The van der Waals surface area contributed by atoms with Crippen molar-refractivity contribution in [3.05, 3.63) is 76.3 Å². The van der Waals surface area contributed by atoms with Gasteiger partial charge in [-0.05, 0) is 36.1 Å². The molecule has 5 nitrogen and oxygen atoms in total. The average molecular weight is 420 g/mol. The number of carbonyl (C=O) groups is 1. The van der Waals surface area contributed by atoms with E-state index in [1.165, 1.54) is 5.56 Å². The highest BCUT2D eigenvalue weighted by Gasteiger charge is 2.38. The molecule has 0 radical (unpaired) electrons. The SMILES string of the molecule is COc1cccc([C@H]2CC(=O)N3CN(CCCc4ccccc4)CSC3=C2C#N)c1. The van der Waals surface area contributed by atoms with E-state index in [0.29, 0.717) is 18.7 Å². The number of benzene rings is 2. The number of amides is 1. The molecular weight excluding hydrogens is 394 g/mol. The number of methoxy groups -OCH3 is 1. The average Bonchev–Trinajstić information content (AvgIpc) is 2.80. The van der Waals surface area contributed by atoms with E-state index in [1.54, 1.807) is 23.8 Å². The molecule has 0 unspecified atom stereocenters. The van der Waals surface area contributed by atoms with Gasteiger partial charge in [0.1, 0.15) is 5.75 Å². The normalized spacial score (nSPS) is 19.4. The molecule has 1 saturated heterocycles. The molecule has 1 fully saturated rings. The molecule has 30 heavy (non-hydrogen) atoms.